The summed E-state index contributed by atoms with van der Waals surface area (Å²) >= 11 is 12.0. The largest absolute Gasteiger partial charge is 0.494 e. The maximum atomic E-state index is 6.10. The lowest BCUT2D eigenvalue weighted by molar-refractivity contribution is 0.414. The van der Waals surface area contributed by atoms with Gasteiger partial charge in [-0.1, -0.05) is 43.1 Å². The fourth-order valence-corrected chi connectivity index (χ4v) is 1.92. The van der Waals surface area contributed by atoms with Gasteiger partial charge in [-0.15, -0.1) is 0 Å². The van der Waals surface area contributed by atoms with E-state index in [0.29, 0.717) is 21.7 Å². The number of rotatable bonds is 2. The van der Waals surface area contributed by atoms with Crippen molar-refractivity contribution < 1.29 is 4.74 Å². The molecule has 0 heterocycles. The Hall–Kier alpha value is -0.400. The molecule has 0 fully saturated rings. The van der Waals surface area contributed by atoms with Crippen LogP contribution in [0.1, 0.15) is 25.3 Å². The minimum atomic E-state index is 0.374. The van der Waals surface area contributed by atoms with Crippen molar-refractivity contribution in [1.82, 2.24) is 0 Å². The zero-order valence-corrected chi connectivity index (χ0v) is 9.41. The van der Waals surface area contributed by atoms with E-state index in [1.165, 1.54) is 0 Å². The highest BCUT2D eigenvalue weighted by Crippen LogP contribution is 2.37. The van der Waals surface area contributed by atoms with E-state index in [-0.39, 0.29) is 0 Å². The van der Waals surface area contributed by atoms with Gasteiger partial charge in [-0.25, -0.2) is 0 Å². The first kappa shape index (κ1) is 10.7. The molecule has 1 aromatic carbocycles. The quantitative estimate of drug-likeness (QED) is 0.726. The van der Waals surface area contributed by atoms with Crippen molar-refractivity contribution in [3.8, 4) is 5.75 Å². The third-order valence-electron chi connectivity index (χ3n) is 1.91. The lowest BCUT2D eigenvalue weighted by Gasteiger charge is -2.12. The smallest absolute Gasteiger partial charge is 0.156 e. The molecule has 0 aliphatic rings. The number of hydrogen-bond donors (Lipinski definition) is 0. The molecule has 0 N–H and O–H groups in total. The van der Waals surface area contributed by atoms with Crippen LogP contribution in [0.5, 0.6) is 5.75 Å². The summed E-state index contributed by atoms with van der Waals surface area (Å²) in [5.41, 5.74) is 1.06. The van der Waals surface area contributed by atoms with Gasteiger partial charge in [0.05, 0.1) is 17.2 Å². The van der Waals surface area contributed by atoms with Crippen molar-refractivity contribution in [2.75, 3.05) is 7.11 Å². The Balaban J connectivity index is 3.27. The zero-order chi connectivity index (χ0) is 10.0. The Morgan fingerprint density at radius 2 is 1.85 bits per heavy atom. The van der Waals surface area contributed by atoms with Crippen LogP contribution in [0.4, 0.5) is 0 Å². The summed E-state index contributed by atoms with van der Waals surface area (Å²) in [6, 6.07) is 3.74. The van der Waals surface area contributed by atoms with E-state index in [1.54, 1.807) is 7.11 Å². The second-order valence-corrected chi connectivity index (χ2v) is 3.92. The van der Waals surface area contributed by atoms with Crippen LogP contribution in [-0.2, 0) is 0 Å². The van der Waals surface area contributed by atoms with Crippen molar-refractivity contribution in [2.24, 2.45) is 0 Å². The third-order valence-corrected chi connectivity index (χ3v) is 2.59. The maximum absolute atomic E-state index is 6.10. The normalized spacial score (nSPS) is 10.6. The average molecular weight is 219 g/mol. The van der Waals surface area contributed by atoms with Gasteiger partial charge >= 0.3 is 0 Å². The SMILES string of the molecule is COc1c(Cl)ccc(C(C)C)c1Cl. The molecule has 0 aliphatic carbocycles. The Kier molecular flexibility index (Phi) is 3.46. The van der Waals surface area contributed by atoms with Crippen molar-refractivity contribution in [2.45, 2.75) is 19.8 Å². The molecule has 0 amide bonds. The predicted octanol–water partition coefficient (Wildman–Crippen LogP) is 4.13. The maximum Gasteiger partial charge on any atom is 0.156 e. The van der Waals surface area contributed by atoms with Crippen molar-refractivity contribution in [1.29, 1.82) is 0 Å². The molecule has 13 heavy (non-hydrogen) atoms. The molecule has 0 spiro atoms. The molecular weight excluding hydrogens is 207 g/mol. The van der Waals surface area contributed by atoms with Crippen LogP contribution < -0.4 is 4.74 Å². The van der Waals surface area contributed by atoms with Crippen LogP contribution in [-0.4, -0.2) is 7.11 Å². The van der Waals surface area contributed by atoms with E-state index in [4.69, 9.17) is 27.9 Å². The predicted molar refractivity (Wildman–Crippen MR) is 57.1 cm³/mol. The average Bonchev–Trinajstić information content (AvgIpc) is 2.04. The molecule has 0 aromatic heterocycles. The van der Waals surface area contributed by atoms with Gasteiger partial charge < -0.3 is 4.74 Å². The summed E-state index contributed by atoms with van der Waals surface area (Å²) in [5, 5.41) is 1.17. The van der Waals surface area contributed by atoms with Gasteiger partial charge in [0.1, 0.15) is 0 Å². The third kappa shape index (κ3) is 2.09. The van der Waals surface area contributed by atoms with E-state index >= 15 is 0 Å². The van der Waals surface area contributed by atoms with Crippen LogP contribution in [0.3, 0.4) is 0 Å². The van der Waals surface area contributed by atoms with Gasteiger partial charge in [-0.3, -0.25) is 0 Å². The Morgan fingerprint density at radius 1 is 1.23 bits per heavy atom. The van der Waals surface area contributed by atoms with Gasteiger partial charge in [0, 0.05) is 0 Å². The molecule has 0 aliphatic heterocycles. The number of methoxy groups -OCH3 is 1. The lowest BCUT2D eigenvalue weighted by Crippen LogP contribution is -1.93. The fourth-order valence-electron chi connectivity index (χ4n) is 1.18. The summed E-state index contributed by atoms with van der Waals surface area (Å²) in [5.74, 6) is 0.938. The Labute approximate surface area is 88.6 Å². The standard InChI is InChI=1S/C10H12Cl2O/c1-6(2)7-4-5-8(11)10(13-3)9(7)12/h4-6H,1-3H3. The van der Waals surface area contributed by atoms with Gasteiger partial charge in [0.2, 0.25) is 0 Å². The highest BCUT2D eigenvalue weighted by Gasteiger charge is 2.12. The van der Waals surface area contributed by atoms with Gasteiger partial charge in [-0.2, -0.15) is 0 Å². The number of halogens is 2. The zero-order valence-electron chi connectivity index (χ0n) is 7.90. The molecule has 0 bridgehead atoms. The monoisotopic (exact) mass is 218 g/mol. The second kappa shape index (κ2) is 4.21. The van der Waals surface area contributed by atoms with Crippen LogP contribution in [0.15, 0.2) is 12.1 Å². The van der Waals surface area contributed by atoms with Crippen molar-refractivity contribution in [3.05, 3.63) is 27.7 Å². The van der Waals surface area contributed by atoms with Crippen molar-refractivity contribution in [3.63, 3.8) is 0 Å². The highest BCUT2D eigenvalue weighted by molar-refractivity contribution is 6.37. The molecular formula is C10H12Cl2O. The summed E-state index contributed by atoms with van der Waals surface area (Å²) in [6.45, 7) is 4.16. The summed E-state index contributed by atoms with van der Waals surface area (Å²) < 4.78 is 5.10. The van der Waals surface area contributed by atoms with E-state index in [0.717, 1.165) is 5.56 Å². The van der Waals surface area contributed by atoms with Gasteiger partial charge in [0.25, 0.3) is 0 Å². The molecule has 1 rings (SSSR count). The lowest BCUT2D eigenvalue weighted by atomic mass is 10.0. The molecule has 1 nitrogen and oxygen atoms in total. The first-order chi connectivity index (χ1) is 6.07. The van der Waals surface area contributed by atoms with E-state index in [2.05, 4.69) is 13.8 Å². The first-order valence-electron chi connectivity index (χ1n) is 4.09. The van der Waals surface area contributed by atoms with E-state index < -0.39 is 0 Å². The Morgan fingerprint density at radius 3 is 2.31 bits per heavy atom. The molecule has 0 radical (unpaired) electrons. The molecule has 0 unspecified atom stereocenters. The molecule has 1 aromatic rings. The topological polar surface area (TPSA) is 9.23 Å². The number of benzene rings is 1. The first-order valence-corrected chi connectivity index (χ1v) is 4.85. The van der Waals surface area contributed by atoms with E-state index in [1.807, 2.05) is 12.1 Å². The molecule has 72 valence electrons. The highest BCUT2D eigenvalue weighted by atomic mass is 35.5. The van der Waals surface area contributed by atoms with Crippen LogP contribution in [0.25, 0.3) is 0 Å². The van der Waals surface area contributed by atoms with Crippen LogP contribution >= 0.6 is 23.2 Å². The minimum Gasteiger partial charge on any atom is -0.494 e. The van der Waals surface area contributed by atoms with Gasteiger partial charge in [0.15, 0.2) is 5.75 Å². The fraction of sp³-hybridized carbons (Fsp3) is 0.400. The van der Waals surface area contributed by atoms with E-state index in [9.17, 15) is 0 Å². The van der Waals surface area contributed by atoms with Crippen molar-refractivity contribution >= 4 is 23.2 Å². The Bertz CT molecular complexity index is 308. The van der Waals surface area contributed by atoms with Crippen LogP contribution in [0.2, 0.25) is 10.0 Å². The molecule has 3 heteroatoms. The summed E-state index contributed by atoms with van der Waals surface area (Å²) in [6.07, 6.45) is 0. The molecule has 0 saturated carbocycles. The number of hydrogen-bond acceptors (Lipinski definition) is 1. The molecule has 0 atom stereocenters. The summed E-state index contributed by atoms with van der Waals surface area (Å²) in [4.78, 5) is 0. The summed E-state index contributed by atoms with van der Waals surface area (Å²) in [7, 11) is 1.57. The second-order valence-electron chi connectivity index (χ2n) is 3.14. The molecule has 0 saturated heterocycles. The number of ether oxygens (including phenoxy) is 1. The van der Waals surface area contributed by atoms with Gasteiger partial charge in [-0.05, 0) is 17.5 Å². The van der Waals surface area contributed by atoms with Crippen LogP contribution in [0, 0.1) is 0 Å². The minimum absolute atomic E-state index is 0.374.